The predicted molar refractivity (Wildman–Crippen MR) is 77.8 cm³/mol. The summed E-state index contributed by atoms with van der Waals surface area (Å²) >= 11 is 0. The molecule has 2 aromatic carbocycles. The lowest BCUT2D eigenvalue weighted by atomic mass is 10.1. The molecule has 0 amide bonds. The topological polar surface area (TPSA) is 61.8 Å². The average molecular weight is 288 g/mol. The van der Waals surface area contributed by atoms with E-state index in [-0.39, 0.29) is 6.61 Å². The van der Waals surface area contributed by atoms with E-state index in [9.17, 15) is 9.59 Å². The van der Waals surface area contributed by atoms with Gasteiger partial charge in [0.1, 0.15) is 11.5 Å². The normalized spacial score (nSPS) is 10.2. The van der Waals surface area contributed by atoms with Crippen molar-refractivity contribution in [3.8, 4) is 11.5 Å². The van der Waals surface area contributed by atoms with Crippen LogP contribution in [0.25, 0.3) is 10.8 Å². The summed E-state index contributed by atoms with van der Waals surface area (Å²) in [5.74, 6) is 0.0618. The van der Waals surface area contributed by atoms with Gasteiger partial charge >= 0.3 is 11.9 Å². The Kier molecular flexibility index (Phi) is 4.42. The van der Waals surface area contributed by atoms with Crippen LogP contribution >= 0.6 is 0 Å². The highest BCUT2D eigenvalue weighted by Crippen LogP contribution is 2.31. The fourth-order valence-corrected chi connectivity index (χ4v) is 2.01. The van der Waals surface area contributed by atoms with Gasteiger partial charge in [0.2, 0.25) is 0 Å². The minimum absolute atomic E-state index is 0.276. The highest BCUT2D eigenvalue weighted by atomic mass is 16.5. The molecule has 0 aliphatic rings. The standard InChI is InChI=1S/C16H16O5/c1-4-20-16(18)12-7-11-8-13(19-3)5-6-14(11)15(9-12)21-10(2)17/h5-9H,4H2,1-3H3. The Hall–Kier alpha value is -2.56. The summed E-state index contributed by atoms with van der Waals surface area (Å²) in [6.07, 6.45) is 0. The number of methoxy groups -OCH3 is 1. The van der Waals surface area contributed by atoms with Crippen molar-refractivity contribution in [2.45, 2.75) is 13.8 Å². The van der Waals surface area contributed by atoms with Gasteiger partial charge in [-0.05, 0) is 42.6 Å². The lowest BCUT2D eigenvalue weighted by molar-refractivity contribution is -0.131. The second kappa shape index (κ2) is 6.26. The summed E-state index contributed by atoms with van der Waals surface area (Å²) in [6.45, 7) is 3.32. The monoisotopic (exact) mass is 288 g/mol. The number of benzene rings is 2. The molecule has 5 heteroatoms. The number of rotatable bonds is 4. The number of carbonyl (C=O) groups is 2. The molecule has 5 nitrogen and oxygen atoms in total. The van der Waals surface area contributed by atoms with Crippen molar-refractivity contribution in [3.63, 3.8) is 0 Å². The van der Waals surface area contributed by atoms with Crippen LogP contribution in [0.3, 0.4) is 0 Å². The van der Waals surface area contributed by atoms with Crippen molar-refractivity contribution < 1.29 is 23.8 Å². The number of ether oxygens (including phenoxy) is 3. The number of carbonyl (C=O) groups excluding carboxylic acids is 2. The van der Waals surface area contributed by atoms with Crippen LogP contribution in [0.5, 0.6) is 11.5 Å². The van der Waals surface area contributed by atoms with Gasteiger partial charge in [-0.2, -0.15) is 0 Å². The van der Waals surface area contributed by atoms with Gasteiger partial charge in [0.05, 0.1) is 19.3 Å². The van der Waals surface area contributed by atoms with Crippen LogP contribution in [-0.2, 0) is 9.53 Å². The van der Waals surface area contributed by atoms with Gasteiger partial charge in [0.25, 0.3) is 0 Å². The van der Waals surface area contributed by atoms with Crippen molar-refractivity contribution >= 4 is 22.7 Å². The zero-order valence-electron chi connectivity index (χ0n) is 12.1. The summed E-state index contributed by atoms with van der Waals surface area (Å²) < 4.78 is 15.3. The third kappa shape index (κ3) is 3.31. The van der Waals surface area contributed by atoms with Gasteiger partial charge in [-0.25, -0.2) is 4.79 Å². The predicted octanol–water partition coefficient (Wildman–Crippen LogP) is 2.95. The van der Waals surface area contributed by atoms with E-state index in [4.69, 9.17) is 14.2 Å². The van der Waals surface area contributed by atoms with Crippen LogP contribution < -0.4 is 9.47 Å². The molecular formula is C16H16O5. The Morgan fingerprint density at radius 3 is 2.52 bits per heavy atom. The SMILES string of the molecule is CCOC(=O)c1cc(OC(C)=O)c2ccc(OC)cc2c1. The molecule has 0 spiro atoms. The molecule has 0 aliphatic carbocycles. The molecule has 0 N–H and O–H groups in total. The molecule has 110 valence electrons. The van der Waals surface area contributed by atoms with E-state index in [1.165, 1.54) is 13.0 Å². The Bertz CT molecular complexity index is 690. The molecule has 0 fully saturated rings. The van der Waals surface area contributed by atoms with Gasteiger partial charge in [0.15, 0.2) is 0 Å². The largest absolute Gasteiger partial charge is 0.497 e. The third-order valence-corrected chi connectivity index (χ3v) is 2.89. The molecule has 0 saturated heterocycles. The van der Waals surface area contributed by atoms with Crippen LogP contribution in [0.4, 0.5) is 0 Å². The number of esters is 2. The van der Waals surface area contributed by atoms with E-state index < -0.39 is 11.9 Å². The van der Waals surface area contributed by atoms with Crippen molar-refractivity contribution in [3.05, 3.63) is 35.9 Å². The molecule has 0 saturated carbocycles. The summed E-state index contributed by atoms with van der Waals surface area (Å²) in [5.41, 5.74) is 0.328. The van der Waals surface area contributed by atoms with Crippen LogP contribution in [0, 0.1) is 0 Å². The van der Waals surface area contributed by atoms with Gasteiger partial charge in [-0.1, -0.05) is 0 Å². The maximum atomic E-state index is 11.9. The zero-order chi connectivity index (χ0) is 15.4. The average Bonchev–Trinajstić information content (AvgIpc) is 2.46. The maximum absolute atomic E-state index is 11.9. The molecule has 0 heterocycles. The maximum Gasteiger partial charge on any atom is 0.338 e. The van der Waals surface area contributed by atoms with E-state index in [2.05, 4.69) is 0 Å². The molecule has 0 unspecified atom stereocenters. The Morgan fingerprint density at radius 1 is 1.14 bits per heavy atom. The molecule has 21 heavy (non-hydrogen) atoms. The Labute approximate surface area is 122 Å². The Balaban J connectivity index is 2.60. The van der Waals surface area contributed by atoms with Crippen molar-refractivity contribution in [1.82, 2.24) is 0 Å². The minimum Gasteiger partial charge on any atom is -0.497 e. The van der Waals surface area contributed by atoms with Gasteiger partial charge in [0, 0.05) is 12.3 Å². The van der Waals surface area contributed by atoms with Crippen LogP contribution in [0.2, 0.25) is 0 Å². The molecule has 0 aliphatic heterocycles. The highest BCUT2D eigenvalue weighted by Gasteiger charge is 2.14. The number of hydrogen-bond donors (Lipinski definition) is 0. The van der Waals surface area contributed by atoms with Gasteiger partial charge in [-0.15, -0.1) is 0 Å². The minimum atomic E-state index is -0.462. The zero-order valence-corrected chi connectivity index (χ0v) is 12.1. The summed E-state index contributed by atoms with van der Waals surface area (Å²) in [6, 6.07) is 8.50. The fourth-order valence-electron chi connectivity index (χ4n) is 2.01. The quantitative estimate of drug-likeness (QED) is 0.639. The Morgan fingerprint density at radius 2 is 1.90 bits per heavy atom. The second-order valence-electron chi connectivity index (χ2n) is 4.38. The van der Waals surface area contributed by atoms with E-state index >= 15 is 0 Å². The first-order chi connectivity index (χ1) is 10.0. The van der Waals surface area contributed by atoms with Crippen molar-refractivity contribution in [2.75, 3.05) is 13.7 Å². The second-order valence-corrected chi connectivity index (χ2v) is 4.38. The molecule has 0 radical (unpaired) electrons. The summed E-state index contributed by atoms with van der Waals surface area (Å²) in [5, 5.41) is 1.45. The number of fused-ring (bicyclic) bond motifs is 1. The highest BCUT2D eigenvalue weighted by molar-refractivity contribution is 5.99. The summed E-state index contributed by atoms with van der Waals surface area (Å²) in [4.78, 5) is 23.1. The van der Waals surface area contributed by atoms with Crippen LogP contribution in [0.15, 0.2) is 30.3 Å². The molecule has 0 bridgehead atoms. The molecule has 0 aromatic heterocycles. The van der Waals surface area contributed by atoms with Gasteiger partial charge in [-0.3, -0.25) is 4.79 Å². The first kappa shape index (κ1) is 14.8. The lowest BCUT2D eigenvalue weighted by Crippen LogP contribution is -2.07. The molecule has 0 atom stereocenters. The number of hydrogen-bond acceptors (Lipinski definition) is 5. The van der Waals surface area contributed by atoms with E-state index in [0.29, 0.717) is 17.1 Å². The first-order valence-corrected chi connectivity index (χ1v) is 6.52. The molecule has 2 aromatic rings. The smallest absolute Gasteiger partial charge is 0.338 e. The van der Waals surface area contributed by atoms with Crippen LogP contribution in [-0.4, -0.2) is 25.7 Å². The molecular weight excluding hydrogens is 272 g/mol. The van der Waals surface area contributed by atoms with E-state index in [0.717, 1.165) is 10.8 Å². The molecule has 2 rings (SSSR count). The summed E-state index contributed by atoms with van der Waals surface area (Å²) in [7, 11) is 1.56. The van der Waals surface area contributed by atoms with Gasteiger partial charge < -0.3 is 14.2 Å². The van der Waals surface area contributed by atoms with Crippen molar-refractivity contribution in [1.29, 1.82) is 0 Å². The van der Waals surface area contributed by atoms with E-state index in [1.807, 2.05) is 0 Å². The van der Waals surface area contributed by atoms with Crippen molar-refractivity contribution in [2.24, 2.45) is 0 Å². The fraction of sp³-hybridized carbons (Fsp3) is 0.250. The third-order valence-electron chi connectivity index (χ3n) is 2.89. The lowest BCUT2D eigenvalue weighted by Gasteiger charge is -2.10. The first-order valence-electron chi connectivity index (χ1n) is 6.52. The van der Waals surface area contributed by atoms with Crippen LogP contribution in [0.1, 0.15) is 24.2 Å². The van der Waals surface area contributed by atoms with E-state index in [1.54, 1.807) is 38.3 Å².